The van der Waals surface area contributed by atoms with E-state index in [9.17, 15) is 4.79 Å². The number of hydrogen-bond acceptors (Lipinski definition) is 6. The van der Waals surface area contributed by atoms with Crippen molar-refractivity contribution in [1.82, 2.24) is 14.9 Å². The maximum atomic E-state index is 13.0. The van der Waals surface area contributed by atoms with Gasteiger partial charge in [-0.25, -0.2) is 4.98 Å². The Kier molecular flexibility index (Phi) is 5.55. The normalized spacial score (nSPS) is 16.9. The molecule has 26 heavy (non-hydrogen) atoms. The van der Waals surface area contributed by atoms with E-state index < -0.39 is 0 Å². The van der Waals surface area contributed by atoms with Gasteiger partial charge in [0.2, 0.25) is 5.88 Å². The fourth-order valence-electron chi connectivity index (χ4n) is 3.12. The van der Waals surface area contributed by atoms with E-state index in [-0.39, 0.29) is 12.0 Å². The minimum absolute atomic E-state index is 0.0899. The van der Waals surface area contributed by atoms with Crippen LogP contribution in [-0.2, 0) is 0 Å². The molecule has 1 unspecified atom stereocenters. The Morgan fingerprint density at radius 3 is 2.81 bits per heavy atom. The third-order valence-electron chi connectivity index (χ3n) is 4.34. The Balaban J connectivity index is 1.74. The number of rotatable bonds is 5. The topological polar surface area (TPSA) is 73.8 Å². The van der Waals surface area contributed by atoms with Crippen molar-refractivity contribution < 1.29 is 19.0 Å². The Morgan fingerprint density at radius 1 is 1.23 bits per heavy atom. The van der Waals surface area contributed by atoms with Gasteiger partial charge in [0.05, 0.1) is 26.3 Å². The first kappa shape index (κ1) is 18.0. The molecule has 3 rings (SSSR count). The number of amides is 1. The van der Waals surface area contributed by atoms with Crippen molar-refractivity contribution in [3.63, 3.8) is 0 Å². The zero-order valence-electron chi connectivity index (χ0n) is 15.3. The molecule has 2 heterocycles. The molecule has 0 saturated carbocycles. The van der Waals surface area contributed by atoms with Crippen molar-refractivity contribution >= 4 is 5.91 Å². The number of hydrogen-bond donors (Lipinski definition) is 0. The van der Waals surface area contributed by atoms with E-state index >= 15 is 0 Å². The van der Waals surface area contributed by atoms with Crippen molar-refractivity contribution in [2.75, 3.05) is 27.3 Å². The van der Waals surface area contributed by atoms with Crippen LogP contribution < -0.4 is 14.2 Å². The third-order valence-corrected chi connectivity index (χ3v) is 4.34. The average molecular weight is 357 g/mol. The van der Waals surface area contributed by atoms with Crippen molar-refractivity contribution in [3.8, 4) is 17.4 Å². The maximum absolute atomic E-state index is 13.0. The number of para-hydroxylation sites is 1. The van der Waals surface area contributed by atoms with Crippen LogP contribution >= 0.6 is 0 Å². The van der Waals surface area contributed by atoms with Crippen LogP contribution in [0.15, 0.2) is 30.5 Å². The van der Waals surface area contributed by atoms with Gasteiger partial charge in [0.25, 0.3) is 5.91 Å². The number of likely N-dealkylation sites (tertiary alicyclic amines) is 1. The van der Waals surface area contributed by atoms with E-state index in [4.69, 9.17) is 14.2 Å². The number of aromatic nitrogens is 2. The first-order valence-electron chi connectivity index (χ1n) is 8.59. The number of benzene rings is 1. The Morgan fingerprint density at radius 2 is 2.08 bits per heavy atom. The van der Waals surface area contributed by atoms with E-state index in [0.29, 0.717) is 41.9 Å². The SMILES string of the molecule is COc1cccc(C(=O)N2CCCC(Oc3ccnc(C)n3)C2)c1OC. The summed E-state index contributed by atoms with van der Waals surface area (Å²) in [6.45, 7) is 3.00. The minimum atomic E-state index is -0.0985. The van der Waals surface area contributed by atoms with Gasteiger partial charge in [-0.15, -0.1) is 0 Å². The average Bonchev–Trinajstić information content (AvgIpc) is 2.67. The van der Waals surface area contributed by atoms with Gasteiger partial charge in [-0.05, 0) is 31.9 Å². The highest BCUT2D eigenvalue weighted by atomic mass is 16.5. The third kappa shape index (κ3) is 3.87. The van der Waals surface area contributed by atoms with Crippen molar-refractivity contribution in [3.05, 3.63) is 41.9 Å². The van der Waals surface area contributed by atoms with Crippen molar-refractivity contribution in [2.45, 2.75) is 25.9 Å². The molecule has 138 valence electrons. The Hall–Kier alpha value is -2.83. The molecule has 0 spiro atoms. The second-order valence-electron chi connectivity index (χ2n) is 6.12. The van der Waals surface area contributed by atoms with E-state index in [2.05, 4.69) is 9.97 Å². The van der Waals surface area contributed by atoms with Crippen LogP contribution in [0.3, 0.4) is 0 Å². The number of piperidine rings is 1. The lowest BCUT2D eigenvalue weighted by atomic mass is 10.1. The molecular weight excluding hydrogens is 334 g/mol. The summed E-state index contributed by atoms with van der Waals surface area (Å²) in [7, 11) is 3.09. The highest BCUT2D eigenvalue weighted by Gasteiger charge is 2.28. The van der Waals surface area contributed by atoms with Gasteiger partial charge in [-0.3, -0.25) is 4.79 Å². The highest BCUT2D eigenvalue weighted by Crippen LogP contribution is 2.32. The molecule has 1 amide bonds. The summed E-state index contributed by atoms with van der Waals surface area (Å²) in [6, 6.07) is 7.05. The van der Waals surface area contributed by atoms with Gasteiger partial charge in [0.1, 0.15) is 11.9 Å². The van der Waals surface area contributed by atoms with E-state index in [1.54, 1.807) is 42.5 Å². The molecular formula is C19H23N3O4. The molecule has 7 heteroatoms. The van der Waals surface area contributed by atoms with Crippen LogP contribution in [0.5, 0.6) is 17.4 Å². The number of aryl methyl sites for hydroxylation is 1. The molecule has 0 aliphatic carbocycles. The van der Waals surface area contributed by atoms with E-state index in [0.717, 1.165) is 12.8 Å². The van der Waals surface area contributed by atoms with Crippen LogP contribution in [0.25, 0.3) is 0 Å². The summed E-state index contributed by atoms with van der Waals surface area (Å²) in [4.78, 5) is 23.1. The van der Waals surface area contributed by atoms with Crippen LogP contribution in [-0.4, -0.2) is 54.2 Å². The smallest absolute Gasteiger partial charge is 0.257 e. The molecule has 2 aromatic rings. The molecule has 1 atom stereocenters. The molecule has 7 nitrogen and oxygen atoms in total. The summed E-state index contributed by atoms with van der Waals surface area (Å²) in [5.74, 6) is 2.10. The molecule has 1 aliphatic heterocycles. The fourth-order valence-corrected chi connectivity index (χ4v) is 3.12. The molecule has 0 radical (unpaired) electrons. The van der Waals surface area contributed by atoms with E-state index in [1.807, 2.05) is 6.92 Å². The number of carbonyl (C=O) groups excluding carboxylic acids is 1. The molecule has 1 aliphatic rings. The number of nitrogens with zero attached hydrogens (tertiary/aromatic N) is 3. The van der Waals surface area contributed by atoms with E-state index in [1.165, 1.54) is 7.11 Å². The summed E-state index contributed by atoms with van der Waals surface area (Å²) in [5, 5.41) is 0. The van der Waals surface area contributed by atoms with Crippen LogP contribution in [0.1, 0.15) is 29.0 Å². The first-order chi connectivity index (χ1) is 12.6. The summed E-state index contributed by atoms with van der Waals surface area (Å²) in [6.07, 6.45) is 3.32. The molecule has 0 N–H and O–H groups in total. The lowest BCUT2D eigenvalue weighted by Gasteiger charge is -2.33. The zero-order chi connectivity index (χ0) is 18.5. The molecule has 0 bridgehead atoms. The maximum Gasteiger partial charge on any atom is 0.257 e. The largest absolute Gasteiger partial charge is 0.493 e. The van der Waals surface area contributed by atoms with Crippen LogP contribution in [0.4, 0.5) is 0 Å². The van der Waals surface area contributed by atoms with Crippen LogP contribution in [0.2, 0.25) is 0 Å². The summed E-state index contributed by atoms with van der Waals surface area (Å²) >= 11 is 0. The molecule has 1 fully saturated rings. The molecule has 1 aromatic carbocycles. The Labute approximate surface area is 152 Å². The predicted octanol–water partition coefficient (Wildman–Crippen LogP) is 2.49. The minimum Gasteiger partial charge on any atom is -0.493 e. The predicted molar refractivity (Wildman–Crippen MR) is 95.9 cm³/mol. The zero-order valence-corrected chi connectivity index (χ0v) is 15.3. The number of methoxy groups -OCH3 is 2. The van der Waals surface area contributed by atoms with Gasteiger partial charge in [0, 0.05) is 18.8 Å². The number of ether oxygens (including phenoxy) is 3. The lowest BCUT2D eigenvalue weighted by Crippen LogP contribution is -2.44. The molecule has 1 saturated heterocycles. The number of carbonyl (C=O) groups is 1. The molecule has 1 aromatic heterocycles. The quantitative estimate of drug-likeness (QED) is 0.818. The van der Waals surface area contributed by atoms with Crippen LogP contribution in [0, 0.1) is 6.92 Å². The second-order valence-corrected chi connectivity index (χ2v) is 6.12. The monoisotopic (exact) mass is 357 g/mol. The van der Waals surface area contributed by atoms with Gasteiger partial charge in [0.15, 0.2) is 11.5 Å². The summed E-state index contributed by atoms with van der Waals surface area (Å²) in [5.41, 5.74) is 0.491. The standard InChI is InChI=1S/C19H23N3O4/c1-13-20-10-9-17(21-13)26-14-6-5-11-22(12-14)19(23)15-7-4-8-16(24-2)18(15)25-3/h4,7-10,14H,5-6,11-12H2,1-3H3. The summed E-state index contributed by atoms with van der Waals surface area (Å²) < 4.78 is 16.6. The van der Waals surface area contributed by atoms with Crippen molar-refractivity contribution in [1.29, 1.82) is 0 Å². The lowest BCUT2D eigenvalue weighted by molar-refractivity contribution is 0.0523. The van der Waals surface area contributed by atoms with Gasteiger partial charge >= 0.3 is 0 Å². The first-order valence-corrected chi connectivity index (χ1v) is 8.59. The second kappa shape index (κ2) is 8.03. The van der Waals surface area contributed by atoms with Gasteiger partial charge in [-0.1, -0.05) is 6.07 Å². The highest BCUT2D eigenvalue weighted by molar-refractivity contribution is 5.98. The van der Waals surface area contributed by atoms with Gasteiger partial charge in [-0.2, -0.15) is 4.98 Å². The van der Waals surface area contributed by atoms with Gasteiger partial charge < -0.3 is 19.1 Å². The van der Waals surface area contributed by atoms with Crippen molar-refractivity contribution in [2.24, 2.45) is 0 Å². The Bertz CT molecular complexity index is 781. The fraction of sp³-hybridized carbons (Fsp3) is 0.421.